The molecule has 0 bridgehead atoms. The van der Waals surface area contributed by atoms with E-state index in [0.717, 1.165) is 45.1 Å². The normalized spacial score (nSPS) is 21.6. The van der Waals surface area contributed by atoms with E-state index in [2.05, 4.69) is 15.5 Å². The molecule has 38 heavy (non-hydrogen) atoms. The lowest BCUT2D eigenvalue weighted by molar-refractivity contribution is -0.123. The van der Waals surface area contributed by atoms with Crippen LogP contribution < -0.4 is 10.6 Å². The summed E-state index contributed by atoms with van der Waals surface area (Å²) in [6.45, 7) is 5.05. The molecule has 206 valence electrons. The van der Waals surface area contributed by atoms with E-state index < -0.39 is 5.82 Å². The number of hydrogen-bond donors (Lipinski definition) is 2. The maximum absolute atomic E-state index is 14.5. The number of aromatic nitrogens is 1. The van der Waals surface area contributed by atoms with Gasteiger partial charge in [-0.15, -0.1) is 0 Å². The van der Waals surface area contributed by atoms with Gasteiger partial charge in [0.05, 0.1) is 22.6 Å². The second-order valence-electron chi connectivity index (χ2n) is 11.4. The highest BCUT2D eigenvalue weighted by molar-refractivity contribution is 6.31. The second-order valence-corrected chi connectivity index (χ2v) is 11.8. The van der Waals surface area contributed by atoms with E-state index in [-0.39, 0.29) is 34.8 Å². The first-order chi connectivity index (χ1) is 18.3. The first-order valence-corrected chi connectivity index (χ1v) is 14.6. The molecular formula is C30H40ClFN4O2. The number of Topliss-reactive ketones (excluding diaryl/α,β-unsaturated/α-hetero) is 1. The van der Waals surface area contributed by atoms with Crippen molar-refractivity contribution >= 4 is 34.2 Å². The number of nitrogens with zero attached hydrogens (tertiary/aromatic N) is 2. The lowest BCUT2D eigenvalue weighted by Gasteiger charge is -2.40. The third-order valence-electron chi connectivity index (χ3n) is 8.80. The van der Waals surface area contributed by atoms with Gasteiger partial charge >= 0.3 is 0 Å². The number of likely N-dealkylation sites (N-methyl/N-ethyl adjacent to an activating group) is 1. The van der Waals surface area contributed by atoms with Crippen molar-refractivity contribution in [2.75, 3.05) is 13.6 Å². The Bertz CT molecular complexity index is 1240. The fourth-order valence-electron chi connectivity index (χ4n) is 6.49. The van der Waals surface area contributed by atoms with Crippen molar-refractivity contribution < 1.29 is 14.0 Å². The molecule has 1 aromatic heterocycles. The van der Waals surface area contributed by atoms with Crippen LogP contribution in [0.15, 0.2) is 29.6 Å². The third-order valence-corrected chi connectivity index (χ3v) is 9.09. The van der Waals surface area contributed by atoms with Crippen LogP contribution in [0.5, 0.6) is 0 Å². The van der Waals surface area contributed by atoms with Crippen LogP contribution >= 0.6 is 11.6 Å². The summed E-state index contributed by atoms with van der Waals surface area (Å²) in [6.07, 6.45) is 12.1. The number of benzene rings is 1. The van der Waals surface area contributed by atoms with Crippen LogP contribution in [0.2, 0.25) is 5.02 Å². The molecule has 1 aliphatic heterocycles. The maximum Gasteiger partial charge on any atom is 0.237 e. The summed E-state index contributed by atoms with van der Waals surface area (Å²) in [7, 11) is 1.82. The Hall–Kier alpha value is -2.38. The molecular weight excluding hydrogens is 503 g/mol. The highest BCUT2D eigenvalue weighted by Crippen LogP contribution is 2.42. The highest BCUT2D eigenvalue weighted by Gasteiger charge is 2.39. The van der Waals surface area contributed by atoms with Gasteiger partial charge < -0.3 is 20.1 Å². The van der Waals surface area contributed by atoms with Crippen molar-refractivity contribution in [2.45, 2.75) is 96.3 Å². The number of rotatable bonds is 9. The quantitative estimate of drug-likeness (QED) is 0.392. The number of likely N-dealkylation sites (tertiary alicyclic amines) is 1. The van der Waals surface area contributed by atoms with E-state index in [1.807, 2.05) is 24.7 Å². The molecule has 3 aliphatic rings. The van der Waals surface area contributed by atoms with Gasteiger partial charge in [-0.05, 0) is 83.0 Å². The fraction of sp³-hybridized carbons (Fsp3) is 0.600. The number of amides is 1. The van der Waals surface area contributed by atoms with Crippen LogP contribution in [-0.2, 0) is 11.3 Å². The second kappa shape index (κ2) is 11.4. The van der Waals surface area contributed by atoms with E-state index in [1.54, 1.807) is 6.07 Å². The Balaban J connectivity index is 1.48. The molecule has 8 heteroatoms. The summed E-state index contributed by atoms with van der Waals surface area (Å²) < 4.78 is 16.5. The topological polar surface area (TPSA) is 66.4 Å². The van der Waals surface area contributed by atoms with Gasteiger partial charge in [-0.3, -0.25) is 9.59 Å². The number of ketones is 1. The van der Waals surface area contributed by atoms with Crippen molar-refractivity contribution in [3.8, 4) is 0 Å². The van der Waals surface area contributed by atoms with Crippen molar-refractivity contribution in [2.24, 2.45) is 5.92 Å². The standard InChI is InChI=1S/C30H40ClFN4O2/c1-18(33-3)30(38)34-28(20-8-5-4-6-9-20)29(21-11-12-21)36-13-7-10-22(36)16-35-17-24(19(2)37)23-14-25(31)26(32)15-27(23)35/h14-15,17-18,20,22,28,33H,4-13,16H2,1-3H3,(H,34,38)/t18-,22-,28-/m0/s1. The van der Waals surface area contributed by atoms with E-state index in [0.29, 0.717) is 28.9 Å². The molecule has 6 nitrogen and oxygen atoms in total. The Labute approximate surface area is 230 Å². The van der Waals surface area contributed by atoms with Crippen molar-refractivity contribution in [1.29, 1.82) is 0 Å². The molecule has 2 saturated carbocycles. The predicted molar refractivity (Wildman–Crippen MR) is 150 cm³/mol. The Morgan fingerprint density at radius 3 is 2.53 bits per heavy atom. The summed E-state index contributed by atoms with van der Waals surface area (Å²) in [6, 6.07) is 2.99. The van der Waals surface area contributed by atoms with Gasteiger partial charge in [0.15, 0.2) is 5.78 Å². The van der Waals surface area contributed by atoms with E-state index >= 15 is 0 Å². The number of allylic oxidation sites excluding steroid dienone is 1. The van der Waals surface area contributed by atoms with E-state index in [4.69, 9.17) is 11.6 Å². The lowest BCUT2D eigenvalue weighted by atomic mass is 9.81. The van der Waals surface area contributed by atoms with Crippen LogP contribution in [0, 0.1) is 11.7 Å². The minimum Gasteiger partial charge on any atom is -0.368 e. The molecule has 3 atom stereocenters. The van der Waals surface area contributed by atoms with Gasteiger partial charge in [0.1, 0.15) is 5.82 Å². The molecule has 1 amide bonds. The number of carbonyl (C=O) groups excluding carboxylic acids is 2. The molecule has 5 rings (SSSR count). The molecule has 2 aliphatic carbocycles. The van der Waals surface area contributed by atoms with Crippen molar-refractivity contribution in [3.05, 3.63) is 46.0 Å². The van der Waals surface area contributed by atoms with Crippen LogP contribution in [-0.4, -0.2) is 52.9 Å². The van der Waals surface area contributed by atoms with Crippen molar-refractivity contribution in [1.82, 2.24) is 20.1 Å². The van der Waals surface area contributed by atoms with Crippen LogP contribution in [0.1, 0.15) is 82.0 Å². The molecule has 2 heterocycles. The van der Waals surface area contributed by atoms with Gasteiger partial charge in [-0.2, -0.15) is 0 Å². The molecule has 2 aromatic rings. The van der Waals surface area contributed by atoms with E-state index in [1.165, 1.54) is 43.5 Å². The summed E-state index contributed by atoms with van der Waals surface area (Å²) in [5.41, 5.74) is 4.06. The highest BCUT2D eigenvalue weighted by atomic mass is 35.5. The molecule has 0 spiro atoms. The van der Waals surface area contributed by atoms with Gasteiger partial charge in [0.2, 0.25) is 5.91 Å². The summed E-state index contributed by atoms with van der Waals surface area (Å²) in [5, 5.41) is 7.29. The summed E-state index contributed by atoms with van der Waals surface area (Å²) in [4.78, 5) is 28.1. The van der Waals surface area contributed by atoms with Crippen LogP contribution in [0.4, 0.5) is 4.39 Å². The van der Waals surface area contributed by atoms with Gasteiger partial charge in [0.25, 0.3) is 0 Å². The zero-order valence-electron chi connectivity index (χ0n) is 22.8. The minimum atomic E-state index is -0.476. The predicted octanol–water partition coefficient (Wildman–Crippen LogP) is 5.82. The molecule has 0 radical (unpaired) electrons. The lowest BCUT2D eigenvalue weighted by Crippen LogP contribution is -2.52. The zero-order chi connectivity index (χ0) is 27.0. The first kappa shape index (κ1) is 27.2. The maximum atomic E-state index is 14.5. The minimum absolute atomic E-state index is 0.0159. The Morgan fingerprint density at radius 1 is 1.13 bits per heavy atom. The van der Waals surface area contributed by atoms with E-state index in [9.17, 15) is 14.0 Å². The average Bonchev–Trinajstić information content (AvgIpc) is 3.55. The van der Waals surface area contributed by atoms with Gasteiger partial charge in [-0.1, -0.05) is 30.9 Å². The zero-order valence-corrected chi connectivity index (χ0v) is 23.5. The van der Waals surface area contributed by atoms with Crippen molar-refractivity contribution in [3.63, 3.8) is 0 Å². The monoisotopic (exact) mass is 542 g/mol. The number of nitrogens with one attached hydrogen (secondary N) is 2. The number of hydrogen-bond acceptors (Lipinski definition) is 4. The average molecular weight is 543 g/mol. The van der Waals surface area contributed by atoms with Gasteiger partial charge in [0, 0.05) is 42.0 Å². The Morgan fingerprint density at radius 2 is 1.87 bits per heavy atom. The summed E-state index contributed by atoms with van der Waals surface area (Å²) >= 11 is 6.08. The molecule has 3 fully saturated rings. The third kappa shape index (κ3) is 5.50. The number of fused-ring (bicyclic) bond motifs is 1. The smallest absolute Gasteiger partial charge is 0.237 e. The SMILES string of the molecule is CN[C@@H](C)C(=O)N[C@H](C(=C1CC1)N1CCC[C@H]1Cn1cc(C(C)=O)c2cc(Cl)c(F)cc21)C1CCCCC1. The molecule has 1 saturated heterocycles. The molecule has 2 N–H and O–H groups in total. The first-order valence-electron chi connectivity index (χ1n) is 14.2. The summed E-state index contributed by atoms with van der Waals surface area (Å²) in [5.74, 6) is -0.0443. The van der Waals surface area contributed by atoms with Gasteiger partial charge in [-0.25, -0.2) is 4.39 Å². The Kier molecular flexibility index (Phi) is 8.15. The number of carbonyl (C=O) groups is 2. The molecule has 0 unspecified atom stereocenters. The largest absolute Gasteiger partial charge is 0.368 e. The van der Waals surface area contributed by atoms with Crippen LogP contribution in [0.3, 0.4) is 0 Å². The molecule has 1 aromatic carbocycles. The van der Waals surface area contributed by atoms with Crippen LogP contribution in [0.25, 0.3) is 10.9 Å². The number of halogens is 2. The fourth-order valence-corrected chi connectivity index (χ4v) is 6.66.